The number of carbonyl (C=O) groups is 3. The molecule has 2 heterocycles. The van der Waals surface area contributed by atoms with Crippen molar-refractivity contribution in [3.63, 3.8) is 0 Å². The van der Waals surface area contributed by atoms with E-state index in [9.17, 15) is 32.7 Å². The van der Waals surface area contributed by atoms with Crippen molar-refractivity contribution in [2.45, 2.75) is 71.5 Å². The maximum atomic E-state index is 14.9. The topological polar surface area (TPSA) is 108 Å². The highest BCUT2D eigenvalue weighted by Crippen LogP contribution is 2.39. The summed E-state index contributed by atoms with van der Waals surface area (Å²) < 4.78 is 45.2. The van der Waals surface area contributed by atoms with Gasteiger partial charge in [-0.25, -0.2) is 18.2 Å². The third kappa shape index (κ3) is 10.1. The van der Waals surface area contributed by atoms with E-state index in [1.807, 2.05) is 55.7 Å². The van der Waals surface area contributed by atoms with Crippen molar-refractivity contribution in [2.24, 2.45) is 5.41 Å². The van der Waals surface area contributed by atoms with Crippen LogP contribution in [-0.2, 0) is 20.9 Å². The minimum Gasteiger partial charge on any atom is -0.387 e. The lowest BCUT2D eigenvalue weighted by molar-refractivity contribution is -0.140. The zero-order chi connectivity index (χ0) is 35.6. The molecule has 3 aromatic rings. The summed E-state index contributed by atoms with van der Waals surface area (Å²) in [7, 11) is 0. The number of unbranched alkanes of at least 4 members (excludes halogenated alkanes) is 3. The molecule has 12 heteroatoms. The minimum absolute atomic E-state index is 0.0162. The highest BCUT2D eigenvalue weighted by molar-refractivity contribution is 6.12. The first-order valence-corrected chi connectivity index (χ1v) is 16.7. The van der Waals surface area contributed by atoms with E-state index in [2.05, 4.69) is 5.32 Å². The van der Waals surface area contributed by atoms with Gasteiger partial charge in [-0.2, -0.15) is 0 Å². The average Bonchev–Trinajstić information content (AvgIpc) is 3.62. The molecule has 2 atom stereocenters. The van der Waals surface area contributed by atoms with E-state index in [0.29, 0.717) is 31.9 Å². The second-order valence-electron chi connectivity index (χ2n) is 13.4. The molecule has 0 unspecified atom stereocenters. The summed E-state index contributed by atoms with van der Waals surface area (Å²) in [4.78, 5) is 44.3. The lowest BCUT2D eigenvalue weighted by Gasteiger charge is -2.40. The van der Waals surface area contributed by atoms with E-state index in [0.717, 1.165) is 43.0 Å². The van der Waals surface area contributed by atoms with E-state index in [-0.39, 0.29) is 36.0 Å². The zero-order valence-electron chi connectivity index (χ0n) is 28.4. The maximum Gasteiger partial charge on any atom is 0.253 e. The fraction of sp³-hybridized carbons (Fsp3) is 0.459. The van der Waals surface area contributed by atoms with E-state index >= 15 is 0 Å². The lowest BCUT2D eigenvalue weighted by Crippen LogP contribution is -2.46. The molecule has 1 aliphatic rings. The van der Waals surface area contributed by atoms with Crippen LogP contribution in [0.25, 0.3) is 11.3 Å². The van der Waals surface area contributed by atoms with Gasteiger partial charge in [0.25, 0.3) is 11.8 Å². The molecule has 0 saturated heterocycles. The van der Waals surface area contributed by atoms with Crippen LogP contribution in [0.3, 0.4) is 0 Å². The smallest absolute Gasteiger partial charge is 0.253 e. The SMILES string of the molecule is CC(C)(C)[C@H](c1nc(-c2cc(F)ccc2F)cn1Cc1ccccc1)N(CC[C@@H](CF)NCCCCCCN1C(=O)C=CC1=O)C(=O)CO. The van der Waals surface area contributed by atoms with Gasteiger partial charge in [-0.1, -0.05) is 63.9 Å². The molecule has 0 fully saturated rings. The first-order chi connectivity index (χ1) is 23.4. The quantitative estimate of drug-likeness (QED) is 0.134. The summed E-state index contributed by atoms with van der Waals surface area (Å²) >= 11 is 0. The Kier molecular flexibility index (Phi) is 13.3. The molecule has 9 nitrogen and oxygen atoms in total. The summed E-state index contributed by atoms with van der Waals surface area (Å²) in [5.41, 5.74) is 0.475. The molecule has 0 aliphatic carbocycles. The number of amides is 3. The second-order valence-corrected chi connectivity index (χ2v) is 13.4. The number of hydrogen-bond donors (Lipinski definition) is 2. The van der Waals surface area contributed by atoms with Crippen LogP contribution < -0.4 is 5.32 Å². The van der Waals surface area contributed by atoms with Gasteiger partial charge in [0, 0.05) is 49.6 Å². The number of aliphatic hydroxyl groups excluding tert-OH is 1. The van der Waals surface area contributed by atoms with Gasteiger partial charge in [-0.3, -0.25) is 19.3 Å². The third-order valence-corrected chi connectivity index (χ3v) is 8.59. The average molecular weight is 682 g/mol. The zero-order valence-corrected chi connectivity index (χ0v) is 28.4. The minimum atomic E-state index is -0.768. The Morgan fingerprint density at radius 3 is 2.35 bits per heavy atom. The van der Waals surface area contributed by atoms with Crippen molar-refractivity contribution in [1.29, 1.82) is 0 Å². The molecule has 0 radical (unpaired) electrons. The number of nitrogens with one attached hydrogen (secondary N) is 1. The molecule has 2 aromatic carbocycles. The van der Waals surface area contributed by atoms with Gasteiger partial charge in [0.1, 0.15) is 30.7 Å². The van der Waals surface area contributed by atoms with Crippen LogP contribution in [0, 0.1) is 17.0 Å². The number of rotatable bonds is 18. The first kappa shape index (κ1) is 37.5. The molecule has 0 spiro atoms. The summed E-state index contributed by atoms with van der Waals surface area (Å²) in [5.74, 6) is -1.97. The number of aromatic nitrogens is 2. The molecular weight excluding hydrogens is 635 g/mol. The van der Waals surface area contributed by atoms with Crippen molar-refractivity contribution < 1.29 is 32.7 Å². The van der Waals surface area contributed by atoms with E-state index in [1.54, 1.807) is 6.20 Å². The maximum absolute atomic E-state index is 14.9. The largest absolute Gasteiger partial charge is 0.387 e. The van der Waals surface area contributed by atoms with Gasteiger partial charge < -0.3 is 19.9 Å². The molecule has 3 amide bonds. The van der Waals surface area contributed by atoms with Crippen molar-refractivity contribution in [3.8, 4) is 11.3 Å². The van der Waals surface area contributed by atoms with Crippen molar-refractivity contribution in [1.82, 2.24) is 24.7 Å². The highest BCUT2D eigenvalue weighted by Gasteiger charge is 2.38. The highest BCUT2D eigenvalue weighted by atomic mass is 19.1. The van der Waals surface area contributed by atoms with Crippen molar-refractivity contribution >= 4 is 17.7 Å². The molecule has 4 rings (SSSR count). The fourth-order valence-electron chi connectivity index (χ4n) is 6.10. The molecule has 2 N–H and O–H groups in total. The van der Waals surface area contributed by atoms with Gasteiger partial charge in [-0.15, -0.1) is 0 Å². The molecule has 0 saturated carbocycles. The Hall–Kier alpha value is -4.29. The van der Waals surface area contributed by atoms with Crippen LogP contribution in [0.2, 0.25) is 0 Å². The van der Waals surface area contributed by atoms with Crippen LogP contribution in [0.5, 0.6) is 0 Å². The van der Waals surface area contributed by atoms with Gasteiger partial charge in [0.2, 0.25) is 5.91 Å². The number of benzene rings is 2. The molecule has 264 valence electrons. The van der Waals surface area contributed by atoms with Gasteiger partial charge in [-0.05, 0) is 55.0 Å². The summed E-state index contributed by atoms with van der Waals surface area (Å²) in [6.07, 6.45) is 7.52. The van der Waals surface area contributed by atoms with Crippen LogP contribution in [0.1, 0.15) is 70.3 Å². The fourth-order valence-corrected chi connectivity index (χ4v) is 6.10. The van der Waals surface area contributed by atoms with E-state index in [1.165, 1.54) is 22.0 Å². The van der Waals surface area contributed by atoms with Gasteiger partial charge in [0.05, 0.1) is 11.7 Å². The van der Waals surface area contributed by atoms with Gasteiger partial charge in [0.15, 0.2) is 0 Å². The van der Waals surface area contributed by atoms with Crippen LogP contribution in [0.15, 0.2) is 66.9 Å². The van der Waals surface area contributed by atoms with Crippen molar-refractivity contribution in [2.75, 3.05) is 32.9 Å². The number of carbonyl (C=O) groups excluding carboxylic acids is 3. The third-order valence-electron chi connectivity index (χ3n) is 8.59. The monoisotopic (exact) mass is 681 g/mol. The van der Waals surface area contributed by atoms with Crippen LogP contribution in [0.4, 0.5) is 13.2 Å². The van der Waals surface area contributed by atoms with Gasteiger partial charge >= 0.3 is 0 Å². The number of alkyl halides is 1. The number of nitrogens with zero attached hydrogens (tertiary/aromatic N) is 4. The Morgan fingerprint density at radius 2 is 1.69 bits per heavy atom. The number of imidazole rings is 1. The predicted molar refractivity (Wildman–Crippen MR) is 181 cm³/mol. The van der Waals surface area contributed by atoms with Crippen LogP contribution >= 0.6 is 0 Å². The molecule has 49 heavy (non-hydrogen) atoms. The Bertz CT molecular complexity index is 1590. The summed E-state index contributed by atoms with van der Waals surface area (Å²) in [6, 6.07) is 11.4. The standard InChI is InChI=1S/C37H46F3N5O4/c1-37(2,3)35(36-42-31(29-21-27(39)13-14-30(29)40)24-43(36)23-26-11-7-6-8-12-26)45(34(49)25-46)20-17-28(22-38)41-18-9-4-5-10-19-44-32(47)15-16-33(44)48/h6-8,11-16,21,24,28,35,41,46H,4-5,9-10,17-20,22-23,25H2,1-3H3/t28-,35-/m0/s1. The van der Waals surface area contributed by atoms with E-state index < -0.39 is 48.3 Å². The molecule has 1 aliphatic heterocycles. The number of hydrogen-bond acceptors (Lipinski definition) is 6. The summed E-state index contributed by atoms with van der Waals surface area (Å²) in [6.45, 7) is 5.70. The number of halogens is 3. The Morgan fingerprint density at radius 1 is 1.00 bits per heavy atom. The summed E-state index contributed by atoms with van der Waals surface area (Å²) in [5, 5.41) is 13.3. The Balaban J connectivity index is 1.49. The van der Waals surface area contributed by atoms with Crippen LogP contribution in [-0.4, -0.2) is 81.1 Å². The predicted octanol–water partition coefficient (Wildman–Crippen LogP) is 5.59. The number of aliphatic hydroxyl groups is 1. The molecule has 1 aromatic heterocycles. The Labute approximate surface area is 285 Å². The number of imide groups is 1. The normalized spacial score (nSPS) is 14.5. The van der Waals surface area contributed by atoms with E-state index in [4.69, 9.17) is 4.98 Å². The first-order valence-electron chi connectivity index (χ1n) is 16.7. The molecule has 0 bridgehead atoms. The van der Waals surface area contributed by atoms with Crippen molar-refractivity contribution in [3.05, 3.63) is 89.9 Å². The molecular formula is C37H46F3N5O4. The second kappa shape index (κ2) is 17.4. The lowest BCUT2D eigenvalue weighted by atomic mass is 9.84.